The third-order valence-corrected chi connectivity index (χ3v) is 6.78. The number of fused-ring (bicyclic) bond motifs is 1. The maximum absolute atomic E-state index is 13.5. The first kappa shape index (κ1) is 24.3. The molecule has 178 valence electrons. The number of ether oxygens (including phenoxy) is 1. The molecule has 1 aromatic heterocycles. The number of nitrogens with zero attached hydrogens (tertiary/aromatic N) is 2. The van der Waals surface area contributed by atoms with Gasteiger partial charge in [-0.2, -0.15) is 18.3 Å². The normalized spacial score (nSPS) is 17.4. The van der Waals surface area contributed by atoms with E-state index in [1.165, 1.54) is 18.2 Å². The fourth-order valence-electron chi connectivity index (χ4n) is 4.38. The summed E-state index contributed by atoms with van der Waals surface area (Å²) in [5, 5.41) is 7.99. The van der Waals surface area contributed by atoms with E-state index in [0.717, 1.165) is 36.2 Å². The van der Waals surface area contributed by atoms with Crippen LogP contribution in [0.15, 0.2) is 36.4 Å². The first-order valence-electron chi connectivity index (χ1n) is 10.6. The molecule has 1 unspecified atom stereocenters. The van der Waals surface area contributed by atoms with Gasteiger partial charge >= 0.3 is 6.18 Å². The summed E-state index contributed by atoms with van der Waals surface area (Å²) in [6, 6.07) is 9.59. The summed E-state index contributed by atoms with van der Waals surface area (Å²) in [5.74, 6) is -0.301. The molecule has 0 radical (unpaired) electrons. The van der Waals surface area contributed by atoms with Crippen molar-refractivity contribution in [2.24, 2.45) is 0 Å². The second kappa shape index (κ2) is 9.41. The minimum Gasteiger partial charge on any atom is -0.373 e. The van der Waals surface area contributed by atoms with Crippen molar-refractivity contribution in [1.82, 2.24) is 15.1 Å². The molecule has 4 nitrogen and oxygen atoms in total. The molecule has 1 atom stereocenters. The first-order valence-corrected chi connectivity index (χ1v) is 11.3. The number of piperidine rings is 1. The van der Waals surface area contributed by atoms with Crippen molar-refractivity contribution in [2.75, 3.05) is 19.7 Å². The minimum atomic E-state index is -4.46. The number of hydrogen-bond donors (Lipinski definition) is 1. The first-order chi connectivity index (χ1) is 15.6. The van der Waals surface area contributed by atoms with E-state index in [1.54, 1.807) is 25.1 Å². The van der Waals surface area contributed by atoms with Crippen molar-refractivity contribution >= 4 is 34.1 Å². The second-order valence-electron chi connectivity index (χ2n) is 8.45. The van der Waals surface area contributed by atoms with Gasteiger partial charge in [0.05, 0.1) is 18.2 Å². The zero-order valence-corrected chi connectivity index (χ0v) is 19.4. The van der Waals surface area contributed by atoms with Gasteiger partial charge < -0.3 is 10.1 Å². The summed E-state index contributed by atoms with van der Waals surface area (Å²) >= 11 is 12.4. The van der Waals surface area contributed by atoms with Gasteiger partial charge in [0, 0.05) is 21.4 Å². The van der Waals surface area contributed by atoms with Gasteiger partial charge in [-0.05, 0) is 62.7 Å². The van der Waals surface area contributed by atoms with Crippen LogP contribution in [0.3, 0.4) is 0 Å². The van der Waals surface area contributed by atoms with Crippen LogP contribution in [0.4, 0.5) is 17.6 Å². The summed E-state index contributed by atoms with van der Waals surface area (Å²) in [4.78, 5) is 0. The molecule has 2 heterocycles. The molecular formula is C23H23Cl2F4N3O. The highest BCUT2D eigenvalue weighted by Gasteiger charge is 2.35. The molecule has 0 aliphatic carbocycles. The third-order valence-electron chi connectivity index (χ3n) is 6.17. The average molecular weight is 504 g/mol. The Bertz CT molecular complexity index is 1130. The van der Waals surface area contributed by atoms with Gasteiger partial charge in [0.25, 0.3) is 0 Å². The summed E-state index contributed by atoms with van der Waals surface area (Å²) in [7, 11) is 0. The Hall–Kier alpha value is -1.87. The van der Waals surface area contributed by atoms with E-state index >= 15 is 0 Å². The van der Waals surface area contributed by atoms with E-state index < -0.39 is 18.8 Å². The lowest BCUT2D eigenvalue weighted by molar-refractivity contribution is -0.142. The Balaban J connectivity index is 1.63. The van der Waals surface area contributed by atoms with E-state index in [-0.39, 0.29) is 16.4 Å². The van der Waals surface area contributed by atoms with Gasteiger partial charge in [0.2, 0.25) is 0 Å². The van der Waals surface area contributed by atoms with Gasteiger partial charge in [-0.25, -0.2) is 9.07 Å². The Morgan fingerprint density at radius 1 is 1.15 bits per heavy atom. The molecule has 3 aromatic rings. The highest BCUT2D eigenvalue weighted by molar-refractivity contribution is 6.36. The maximum Gasteiger partial charge on any atom is 0.408 e. The Kier molecular flexibility index (Phi) is 6.92. The Morgan fingerprint density at radius 3 is 2.45 bits per heavy atom. The topological polar surface area (TPSA) is 39.1 Å². The molecular weight excluding hydrogens is 481 g/mol. The molecule has 0 saturated carbocycles. The Morgan fingerprint density at radius 2 is 1.82 bits per heavy atom. The number of alkyl halides is 3. The molecule has 1 aliphatic heterocycles. The summed E-state index contributed by atoms with van der Waals surface area (Å²) in [6.45, 7) is 2.46. The smallest absolute Gasteiger partial charge is 0.373 e. The molecule has 1 N–H and O–H groups in total. The number of rotatable bonds is 6. The van der Waals surface area contributed by atoms with Crippen molar-refractivity contribution in [3.63, 3.8) is 0 Å². The lowest BCUT2D eigenvalue weighted by atomic mass is 9.74. The monoisotopic (exact) mass is 503 g/mol. The molecule has 0 spiro atoms. The lowest BCUT2D eigenvalue weighted by Crippen LogP contribution is -2.43. The van der Waals surface area contributed by atoms with Gasteiger partial charge in [0.15, 0.2) is 0 Å². The van der Waals surface area contributed by atoms with Crippen LogP contribution < -0.4 is 5.32 Å². The molecule has 0 bridgehead atoms. The van der Waals surface area contributed by atoms with Gasteiger partial charge in [-0.3, -0.25) is 0 Å². The van der Waals surface area contributed by atoms with E-state index in [9.17, 15) is 17.6 Å². The minimum absolute atomic E-state index is 0.126. The lowest BCUT2D eigenvalue weighted by Gasteiger charge is -2.38. The van der Waals surface area contributed by atoms with Crippen molar-refractivity contribution in [2.45, 2.75) is 44.0 Å². The van der Waals surface area contributed by atoms with Crippen LogP contribution in [0.1, 0.15) is 37.0 Å². The Labute approximate surface area is 198 Å². The maximum atomic E-state index is 13.5. The highest BCUT2D eigenvalue weighted by Crippen LogP contribution is 2.38. The van der Waals surface area contributed by atoms with Crippen LogP contribution in [0.25, 0.3) is 10.9 Å². The molecule has 1 saturated heterocycles. The van der Waals surface area contributed by atoms with Gasteiger partial charge in [-0.1, -0.05) is 35.3 Å². The number of aromatic nitrogens is 2. The van der Waals surface area contributed by atoms with Gasteiger partial charge in [0.1, 0.15) is 17.5 Å². The number of halogens is 6. The van der Waals surface area contributed by atoms with Crippen LogP contribution in [-0.2, 0) is 16.7 Å². The number of benzene rings is 2. The fraction of sp³-hybridized carbons (Fsp3) is 0.435. The molecule has 1 fully saturated rings. The fourth-order valence-corrected chi connectivity index (χ4v) is 4.84. The number of nitrogens with one attached hydrogen (secondary N) is 1. The van der Waals surface area contributed by atoms with Crippen LogP contribution in [0.2, 0.25) is 10.2 Å². The SMILES string of the molecule is CC(OCC1(c2ccc(F)cc2)CCNCC1)c1cc(Cl)cc2c(Cl)n(CC(F)(F)F)nc12. The molecule has 2 aromatic carbocycles. The predicted molar refractivity (Wildman–Crippen MR) is 120 cm³/mol. The van der Waals surface area contributed by atoms with Gasteiger partial charge in [-0.15, -0.1) is 0 Å². The molecule has 10 heteroatoms. The standard InChI is InChI=1S/C23H23Cl2F4N3O/c1-14(33-13-22(6-8-30-9-7-22)15-2-4-17(26)5-3-15)18-10-16(24)11-19-20(18)31-32(21(19)25)12-23(27,28)29/h2-5,10-11,14,30H,6-9,12-13H2,1H3. The van der Waals surface area contributed by atoms with Crippen LogP contribution in [-0.4, -0.2) is 35.7 Å². The molecule has 0 amide bonds. The molecule has 1 aliphatic rings. The zero-order valence-electron chi connectivity index (χ0n) is 17.9. The average Bonchev–Trinajstić information content (AvgIpc) is 3.06. The molecule has 33 heavy (non-hydrogen) atoms. The van der Waals surface area contributed by atoms with E-state index in [4.69, 9.17) is 27.9 Å². The predicted octanol–water partition coefficient (Wildman–Crippen LogP) is 6.44. The van der Waals surface area contributed by atoms with Crippen LogP contribution >= 0.6 is 23.2 Å². The number of hydrogen-bond acceptors (Lipinski definition) is 3. The van der Waals surface area contributed by atoms with Crippen LogP contribution in [0.5, 0.6) is 0 Å². The van der Waals surface area contributed by atoms with Crippen LogP contribution in [0, 0.1) is 5.82 Å². The van der Waals surface area contributed by atoms with E-state index in [2.05, 4.69) is 10.4 Å². The second-order valence-corrected chi connectivity index (χ2v) is 9.24. The highest BCUT2D eigenvalue weighted by atomic mass is 35.5. The quantitative estimate of drug-likeness (QED) is 0.393. The summed E-state index contributed by atoms with van der Waals surface area (Å²) in [6.07, 6.45) is -3.36. The zero-order chi connectivity index (χ0) is 23.8. The molecule has 4 rings (SSSR count). The van der Waals surface area contributed by atoms with Crippen molar-refractivity contribution < 1.29 is 22.3 Å². The van der Waals surface area contributed by atoms with E-state index in [1.807, 2.05) is 0 Å². The summed E-state index contributed by atoms with van der Waals surface area (Å²) in [5.41, 5.74) is 1.57. The third kappa shape index (κ3) is 5.29. The van der Waals surface area contributed by atoms with Crippen molar-refractivity contribution in [3.05, 3.63) is 63.5 Å². The largest absolute Gasteiger partial charge is 0.408 e. The van der Waals surface area contributed by atoms with Crippen molar-refractivity contribution in [3.8, 4) is 0 Å². The van der Waals surface area contributed by atoms with E-state index in [0.29, 0.717) is 28.1 Å². The summed E-state index contributed by atoms with van der Waals surface area (Å²) < 4.78 is 59.3. The van der Waals surface area contributed by atoms with Crippen molar-refractivity contribution in [1.29, 1.82) is 0 Å².